The van der Waals surface area contributed by atoms with E-state index < -0.39 is 0 Å². The second kappa shape index (κ2) is 4.65. The smallest absolute Gasteiger partial charge is 0.0405 e. The Hall–Kier alpha value is -1.18. The molecule has 0 unspecified atom stereocenters. The highest BCUT2D eigenvalue weighted by atomic mass is 14.7. The molecule has 0 aliphatic carbocycles. The molecule has 1 aromatic heterocycles. The molecule has 12 heavy (non-hydrogen) atoms. The molecule has 0 spiro atoms. The Balaban J connectivity index is 2.71. The van der Waals surface area contributed by atoms with Crippen molar-refractivity contribution in [2.75, 3.05) is 6.54 Å². The minimum atomic E-state index is 0.903. The SMILES string of the molecule is CCCN=C(C)c1cccnc1. The van der Waals surface area contributed by atoms with Gasteiger partial charge in [-0.3, -0.25) is 9.98 Å². The molecule has 1 heterocycles. The topological polar surface area (TPSA) is 25.2 Å². The largest absolute Gasteiger partial charge is 0.289 e. The number of aromatic nitrogens is 1. The zero-order valence-electron chi connectivity index (χ0n) is 7.62. The fourth-order valence-corrected chi connectivity index (χ4v) is 0.948. The van der Waals surface area contributed by atoms with Crippen LogP contribution >= 0.6 is 0 Å². The van der Waals surface area contributed by atoms with E-state index in [2.05, 4.69) is 16.9 Å². The second-order valence-corrected chi connectivity index (χ2v) is 2.71. The highest BCUT2D eigenvalue weighted by Gasteiger charge is 1.93. The number of hydrogen-bond acceptors (Lipinski definition) is 2. The molecular formula is C10H14N2. The summed E-state index contributed by atoms with van der Waals surface area (Å²) in [4.78, 5) is 8.42. The maximum absolute atomic E-state index is 4.39. The van der Waals surface area contributed by atoms with Crippen molar-refractivity contribution in [2.45, 2.75) is 20.3 Å². The molecule has 1 rings (SSSR count). The third-order valence-electron chi connectivity index (χ3n) is 1.65. The van der Waals surface area contributed by atoms with Crippen LogP contribution in [0.5, 0.6) is 0 Å². The van der Waals surface area contributed by atoms with Gasteiger partial charge in [0.1, 0.15) is 0 Å². The van der Waals surface area contributed by atoms with Crippen molar-refractivity contribution >= 4 is 5.71 Å². The van der Waals surface area contributed by atoms with Gasteiger partial charge in [-0.1, -0.05) is 13.0 Å². The van der Waals surface area contributed by atoms with Gasteiger partial charge in [-0.05, 0) is 19.4 Å². The quantitative estimate of drug-likeness (QED) is 0.626. The third kappa shape index (κ3) is 2.46. The Kier molecular flexibility index (Phi) is 3.45. The number of rotatable bonds is 3. The minimum absolute atomic E-state index is 0.903. The Morgan fingerprint density at radius 3 is 3.00 bits per heavy atom. The lowest BCUT2D eigenvalue weighted by molar-refractivity contribution is 0.931. The zero-order chi connectivity index (χ0) is 8.81. The molecule has 0 atom stereocenters. The lowest BCUT2D eigenvalue weighted by Gasteiger charge is -1.98. The predicted molar refractivity (Wildman–Crippen MR) is 51.6 cm³/mol. The molecule has 0 saturated heterocycles. The Bertz CT molecular complexity index is 252. The van der Waals surface area contributed by atoms with E-state index in [-0.39, 0.29) is 0 Å². The first-order valence-corrected chi connectivity index (χ1v) is 4.26. The van der Waals surface area contributed by atoms with Crippen molar-refractivity contribution < 1.29 is 0 Å². The second-order valence-electron chi connectivity index (χ2n) is 2.71. The molecule has 0 bridgehead atoms. The molecular weight excluding hydrogens is 148 g/mol. The molecule has 0 aromatic carbocycles. The lowest BCUT2D eigenvalue weighted by atomic mass is 10.2. The summed E-state index contributed by atoms with van der Waals surface area (Å²) in [5, 5.41) is 0. The van der Waals surface area contributed by atoms with Crippen LogP contribution in [0.25, 0.3) is 0 Å². The van der Waals surface area contributed by atoms with Crippen molar-refractivity contribution in [3.8, 4) is 0 Å². The maximum atomic E-state index is 4.39. The van der Waals surface area contributed by atoms with Gasteiger partial charge in [0, 0.05) is 30.2 Å². The molecule has 0 fully saturated rings. The van der Waals surface area contributed by atoms with Crippen molar-refractivity contribution in [1.82, 2.24) is 4.98 Å². The van der Waals surface area contributed by atoms with Crippen molar-refractivity contribution in [2.24, 2.45) is 4.99 Å². The van der Waals surface area contributed by atoms with Gasteiger partial charge in [0.25, 0.3) is 0 Å². The fraction of sp³-hybridized carbons (Fsp3) is 0.400. The van der Waals surface area contributed by atoms with Gasteiger partial charge in [-0.15, -0.1) is 0 Å². The molecule has 2 nitrogen and oxygen atoms in total. The summed E-state index contributed by atoms with van der Waals surface area (Å²) < 4.78 is 0. The van der Waals surface area contributed by atoms with Crippen LogP contribution in [0.1, 0.15) is 25.8 Å². The molecule has 0 aliphatic rings. The van der Waals surface area contributed by atoms with Crippen molar-refractivity contribution in [3.05, 3.63) is 30.1 Å². The van der Waals surface area contributed by atoms with E-state index in [1.54, 1.807) is 6.20 Å². The van der Waals surface area contributed by atoms with Crippen molar-refractivity contribution in [3.63, 3.8) is 0 Å². The first-order chi connectivity index (χ1) is 5.84. The summed E-state index contributed by atoms with van der Waals surface area (Å²) in [5.74, 6) is 0. The van der Waals surface area contributed by atoms with Crippen molar-refractivity contribution in [1.29, 1.82) is 0 Å². The van der Waals surface area contributed by atoms with Gasteiger partial charge < -0.3 is 0 Å². The highest BCUT2D eigenvalue weighted by Crippen LogP contribution is 1.98. The van der Waals surface area contributed by atoms with E-state index in [4.69, 9.17) is 0 Å². The average molecular weight is 162 g/mol. The molecule has 0 aliphatic heterocycles. The maximum Gasteiger partial charge on any atom is 0.0405 e. The Morgan fingerprint density at radius 1 is 1.58 bits per heavy atom. The lowest BCUT2D eigenvalue weighted by Crippen LogP contribution is -1.96. The number of pyridine rings is 1. The summed E-state index contributed by atoms with van der Waals surface area (Å²) in [6.45, 7) is 5.05. The summed E-state index contributed by atoms with van der Waals surface area (Å²) in [6.07, 6.45) is 4.71. The number of hydrogen-bond donors (Lipinski definition) is 0. The first kappa shape index (κ1) is 8.91. The van der Waals surface area contributed by atoms with E-state index in [9.17, 15) is 0 Å². The fourth-order valence-electron chi connectivity index (χ4n) is 0.948. The minimum Gasteiger partial charge on any atom is -0.289 e. The van der Waals surface area contributed by atoms with Gasteiger partial charge in [0.05, 0.1) is 0 Å². The van der Waals surface area contributed by atoms with Gasteiger partial charge in [0.2, 0.25) is 0 Å². The highest BCUT2D eigenvalue weighted by molar-refractivity contribution is 5.98. The van der Waals surface area contributed by atoms with E-state index in [0.717, 1.165) is 24.2 Å². The number of aliphatic imine (C=N–C) groups is 1. The summed E-state index contributed by atoms with van der Waals surface area (Å²) >= 11 is 0. The zero-order valence-corrected chi connectivity index (χ0v) is 7.62. The van der Waals surface area contributed by atoms with E-state index in [1.165, 1.54) is 0 Å². The van der Waals surface area contributed by atoms with E-state index in [1.807, 2.05) is 25.3 Å². The van der Waals surface area contributed by atoms with Gasteiger partial charge >= 0.3 is 0 Å². The molecule has 2 heteroatoms. The summed E-state index contributed by atoms with van der Waals surface area (Å²) in [6, 6.07) is 3.96. The van der Waals surface area contributed by atoms with Crippen LogP contribution in [0.15, 0.2) is 29.5 Å². The van der Waals surface area contributed by atoms with Crippen LogP contribution in [-0.4, -0.2) is 17.2 Å². The normalized spacial score (nSPS) is 11.7. The standard InChI is InChI=1S/C10H14N2/c1-3-6-12-9(2)10-5-4-7-11-8-10/h4-5,7-8H,3,6H2,1-2H3. The van der Waals surface area contributed by atoms with Gasteiger partial charge in [-0.25, -0.2) is 0 Å². The molecule has 64 valence electrons. The monoisotopic (exact) mass is 162 g/mol. The molecule has 0 N–H and O–H groups in total. The molecule has 0 amide bonds. The van der Waals surface area contributed by atoms with Crippen LogP contribution in [0.4, 0.5) is 0 Å². The summed E-state index contributed by atoms with van der Waals surface area (Å²) in [5.41, 5.74) is 2.19. The van der Waals surface area contributed by atoms with Crippen LogP contribution < -0.4 is 0 Å². The molecule has 0 radical (unpaired) electrons. The van der Waals surface area contributed by atoms with Crippen LogP contribution in [-0.2, 0) is 0 Å². The van der Waals surface area contributed by atoms with Crippen LogP contribution in [0.2, 0.25) is 0 Å². The van der Waals surface area contributed by atoms with Crippen LogP contribution in [0, 0.1) is 0 Å². The summed E-state index contributed by atoms with van der Waals surface area (Å²) in [7, 11) is 0. The van der Waals surface area contributed by atoms with Crippen LogP contribution in [0.3, 0.4) is 0 Å². The Morgan fingerprint density at radius 2 is 2.42 bits per heavy atom. The van der Waals surface area contributed by atoms with Gasteiger partial charge in [0.15, 0.2) is 0 Å². The first-order valence-electron chi connectivity index (χ1n) is 4.26. The van der Waals surface area contributed by atoms with E-state index >= 15 is 0 Å². The predicted octanol–water partition coefficient (Wildman–Crippen LogP) is 2.30. The molecule has 1 aromatic rings. The number of nitrogens with zero attached hydrogens (tertiary/aromatic N) is 2. The van der Waals surface area contributed by atoms with Gasteiger partial charge in [-0.2, -0.15) is 0 Å². The van der Waals surface area contributed by atoms with E-state index in [0.29, 0.717) is 0 Å². The third-order valence-corrected chi connectivity index (χ3v) is 1.65. The average Bonchev–Trinajstić information content (AvgIpc) is 2.15. The Labute approximate surface area is 73.4 Å². The molecule has 0 saturated carbocycles.